The molecule has 0 atom stereocenters. The second kappa shape index (κ2) is 6.58. The summed E-state index contributed by atoms with van der Waals surface area (Å²) < 4.78 is 10.4. The van der Waals surface area contributed by atoms with Gasteiger partial charge in [-0.05, 0) is 26.0 Å². The Bertz CT molecular complexity index is 640. The van der Waals surface area contributed by atoms with E-state index in [9.17, 15) is 4.79 Å². The van der Waals surface area contributed by atoms with Crippen molar-refractivity contribution in [2.75, 3.05) is 25.7 Å². The van der Waals surface area contributed by atoms with Crippen LogP contribution in [0.15, 0.2) is 24.3 Å². The van der Waals surface area contributed by atoms with Gasteiger partial charge in [0.25, 0.3) is 0 Å². The van der Waals surface area contributed by atoms with Gasteiger partial charge in [-0.2, -0.15) is 0 Å². The summed E-state index contributed by atoms with van der Waals surface area (Å²) in [5, 5.41) is 0.722. The second-order valence-corrected chi connectivity index (χ2v) is 5.53. The van der Waals surface area contributed by atoms with Crippen LogP contribution in [0, 0.1) is 6.92 Å². The SMILES string of the molecule is CCOC(=O)c1nc(N(C)c2ccccc2OC)sc1C. The number of hydrogen-bond acceptors (Lipinski definition) is 6. The fourth-order valence-electron chi connectivity index (χ4n) is 1.92. The maximum atomic E-state index is 11.8. The molecular weight excluding hydrogens is 288 g/mol. The van der Waals surface area contributed by atoms with E-state index in [1.165, 1.54) is 11.3 Å². The van der Waals surface area contributed by atoms with Crippen LogP contribution in [0.25, 0.3) is 0 Å². The molecule has 0 N–H and O–H groups in total. The van der Waals surface area contributed by atoms with Crippen LogP contribution in [0.2, 0.25) is 0 Å². The summed E-state index contributed by atoms with van der Waals surface area (Å²) in [6, 6.07) is 7.67. The van der Waals surface area contributed by atoms with Crippen molar-refractivity contribution in [1.29, 1.82) is 0 Å². The average molecular weight is 306 g/mol. The Balaban J connectivity index is 2.34. The van der Waals surface area contributed by atoms with Gasteiger partial charge in [-0.3, -0.25) is 0 Å². The Morgan fingerprint density at radius 1 is 1.38 bits per heavy atom. The highest BCUT2D eigenvalue weighted by atomic mass is 32.1. The number of para-hydroxylation sites is 2. The lowest BCUT2D eigenvalue weighted by Crippen LogP contribution is -2.11. The van der Waals surface area contributed by atoms with E-state index >= 15 is 0 Å². The average Bonchev–Trinajstić information content (AvgIpc) is 2.88. The molecule has 0 aliphatic carbocycles. The Hall–Kier alpha value is -2.08. The number of esters is 1. The number of carbonyl (C=O) groups excluding carboxylic acids is 1. The fourth-order valence-corrected chi connectivity index (χ4v) is 2.80. The molecule has 0 fully saturated rings. The van der Waals surface area contributed by atoms with Crippen LogP contribution in [-0.4, -0.2) is 31.7 Å². The number of carbonyl (C=O) groups is 1. The zero-order valence-corrected chi connectivity index (χ0v) is 13.4. The van der Waals surface area contributed by atoms with Crippen molar-refractivity contribution in [2.24, 2.45) is 0 Å². The van der Waals surface area contributed by atoms with Gasteiger partial charge in [-0.15, -0.1) is 11.3 Å². The van der Waals surface area contributed by atoms with E-state index in [1.807, 2.05) is 43.1 Å². The van der Waals surface area contributed by atoms with Crippen LogP contribution in [0.3, 0.4) is 0 Å². The van der Waals surface area contributed by atoms with Gasteiger partial charge < -0.3 is 14.4 Å². The topological polar surface area (TPSA) is 51.7 Å². The van der Waals surface area contributed by atoms with Crippen LogP contribution in [0.4, 0.5) is 10.8 Å². The summed E-state index contributed by atoms with van der Waals surface area (Å²) in [5.74, 6) is 0.372. The van der Waals surface area contributed by atoms with Crippen LogP contribution in [0.1, 0.15) is 22.3 Å². The third kappa shape index (κ3) is 3.16. The molecule has 0 radical (unpaired) electrons. The lowest BCUT2D eigenvalue weighted by atomic mass is 10.3. The lowest BCUT2D eigenvalue weighted by molar-refractivity contribution is 0.0519. The number of aryl methyl sites for hydroxylation is 1. The zero-order valence-electron chi connectivity index (χ0n) is 12.5. The molecule has 0 bridgehead atoms. The van der Waals surface area contributed by atoms with Crippen molar-refractivity contribution < 1.29 is 14.3 Å². The van der Waals surface area contributed by atoms with Crippen molar-refractivity contribution in [3.63, 3.8) is 0 Å². The van der Waals surface area contributed by atoms with E-state index in [2.05, 4.69) is 4.98 Å². The molecule has 0 amide bonds. The minimum absolute atomic E-state index is 0.341. The first kappa shape index (κ1) is 15.3. The van der Waals surface area contributed by atoms with E-state index in [-0.39, 0.29) is 5.97 Å². The number of rotatable bonds is 5. The van der Waals surface area contributed by atoms with E-state index in [0.717, 1.165) is 21.4 Å². The standard InChI is InChI=1S/C15H18N2O3S/c1-5-20-14(18)13-10(2)21-15(16-13)17(3)11-8-6-7-9-12(11)19-4/h6-9H,5H2,1-4H3. The number of ether oxygens (including phenoxy) is 2. The number of anilines is 2. The van der Waals surface area contributed by atoms with E-state index in [0.29, 0.717) is 12.3 Å². The molecular formula is C15H18N2O3S. The second-order valence-electron chi connectivity index (χ2n) is 4.35. The van der Waals surface area contributed by atoms with E-state index < -0.39 is 0 Å². The monoisotopic (exact) mass is 306 g/mol. The number of aromatic nitrogens is 1. The number of thiazole rings is 1. The van der Waals surface area contributed by atoms with Gasteiger partial charge in [0, 0.05) is 11.9 Å². The first-order valence-corrected chi connectivity index (χ1v) is 7.41. The first-order valence-electron chi connectivity index (χ1n) is 6.59. The van der Waals surface area contributed by atoms with Gasteiger partial charge in [-0.25, -0.2) is 9.78 Å². The van der Waals surface area contributed by atoms with Gasteiger partial charge in [0.1, 0.15) is 5.75 Å². The zero-order chi connectivity index (χ0) is 15.4. The summed E-state index contributed by atoms with van der Waals surface area (Å²) >= 11 is 1.45. The van der Waals surface area contributed by atoms with E-state index in [4.69, 9.17) is 9.47 Å². The molecule has 6 heteroatoms. The molecule has 21 heavy (non-hydrogen) atoms. The number of hydrogen-bond donors (Lipinski definition) is 0. The van der Waals surface area contributed by atoms with Gasteiger partial charge in [-0.1, -0.05) is 12.1 Å². The van der Waals surface area contributed by atoms with Crippen LogP contribution in [-0.2, 0) is 4.74 Å². The smallest absolute Gasteiger partial charge is 0.358 e. The Kier molecular flexibility index (Phi) is 4.80. The highest BCUT2D eigenvalue weighted by Gasteiger charge is 2.20. The van der Waals surface area contributed by atoms with Crippen LogP contribution < -0.4 is 9.64 Å². The highest BCUT2D eigenvalue weighted by molar-refractivity contribution is 7.15. The van der Waals surface area contributed by atoms with Gasteiger partial charge in [0.05, 0.1) is 19.4 Å². The van der Waals surface area contributed by atoms with Crippen LogP contribution >= 0.6 is 11.3 Å². The minimum Gasteiger partial charge on any atom is -0.495 e. The predicted octanol–water partition coefficient (Wildman–Crippen LogP) is 3.40. The molecule has 0 spiro atoms. The largest absolute Gasteiger partial charge is 0.495 e. The van der Waals surface area contributed by atoms with Crippen molar-refractivity contribution in [3.05, 3.63) is 34.8 Å². The summed E-state index contributed by atoms with van der Waals surface area (Å²) in [6.07, 6.45) is 0. The molecule has 2 rings (SSSR count). The minimum atomic E-state index is -0.383. The molecule has 1 aromatic heterocycles. The van der Waals surface area contributed by atoms with E-state index in [1.54, 1.807) is 14.0 Å². The van der Waals surface area contributed by atoms with Crippen LogP contribution in [0.5, 0.6) is 5.75 Å². The fraction of sp³-hybridized carbons (Fsp3) is 0.333. The predicted molar refractivity (Wildman–Crippen MR) is 83.9 cm³/mol. The molecule has 1 aromatic carbocycles. The number of benzene rings is 1. The molecule has 5 nitrogen and oxygen atoms in total. The highest BCUT2D eigenvalue weighted by Crippen LogP contribution is 2.35. The van der Waals surface area contributed by atoms with Crippen molar-refractivity contribution in [2.45, 2.75) is 13.8 Å². The summed E-state index contributed by atoms with van der Waals surface area (Å²) in [5.41, 5.74) is 1.27. The lowest BCUT2D eigenvalue weighted by Gasteiger charge is -2.18. The maximum Gasteiger partial charge on any atom is 0.358 e. The van der Waals surface area contributed by atoms with Gasteiger partial charge in [0.15, 0.2) is 10.8 Å². The van der Waals surface area contributed by atoms with Crippen molar-refractivity contribution in [3.8, 4) is 5.75 Å². The Morgan fingerprint density at radius 3 is 2.76 bits per heavy atom. The molecule has 0 aliphatic rings. The molecule has 1 heterocycles. The third-order valence-corrected chi connectivity index (χ3v) is 4.03. The third-order valence-electron chi connectivity index (χ3n) is 2.99. The molecule has 0 aliphatic heterocycles. The van der Waals surface area contributed by atoms with Crippen molar-refractivity contribution >= 4 is 28.1 Å². The first-order chi connectivity index (χ1) is 10.1. The summed E-state index contributed by atoms with van der Waals surface area (Å²) in [6.45, 7) is 3.98. The quantitative estimate of drug-likeness (QED) is 0.792. The molecule has 0 unspecified atom stereocenters. The Labute approximate surface area is 128 Å². The normalized spacial score (nSPS) is 10.3. The molecule has 0 saturated carbocycles. The maximum absolute atomic E-state index is 11.8. The number of methoxy groups -OCH3 is 1. The Morgan fingerprint density at radius 2 is 2.10 bits per heavy atom. The summed E-state index contributed by atoms with van der Waals surface area (Å²) in [7, 11) is 3.52. The molecule has 0 saturated heterocycles. The molecule has 2 aromatic rings. The molecule has 112 valence electrons. The van der Waals surface area contributed by atoms with Gasteiger partial charge >= 0.3 is 5.97 Å². The van der Waals surface area contributed by atoms with Crippen molar-refractivity contribution in [1.82, 2.24) is 4.98 Å². The number of nitrogens with zero attached hydrogens (tertiary/aromatic N) is 2. The summed E-state index contributed by atoms with van der Waals surface area (Å²) in [4.78, 5) is 19.0. The van der Waals surface area contributed by atoms with Gasteiger partial charge in [0.2, 0.25) is 0 Å².